The van der Waals surface area contributed by atoms with Crippen LogP contribution in [0.3, 0.4) is 0 Å². The van der Waals surface area contributed by atoms with E-state index < -0.39 is 15.9 Å². The standard InChI is InChI=1S/C16H21N3O4S/c1-10(16(20)19(3)13-6-7-24(21,22)9-13)17-12-4-5-15-14(8-12)18-11(2)23-15/h4-5,8,10,13,17H,6-7,9H2,1-3H3/t10-,13-/m0/s1. The van der Waals surface area contributed by atoms with Gasteiger partial charge in [-0.3, -0.25) is 4.79 Å². The number of carbonyl (C=O) groups excluding carboxylic acids is 1. The summed E-state index contributed by atoms with van der Waals surface area (Å²) >= 11 is 0. The highest BCUT2D eigenvalue weighted by molar-refractivity contribution is 7.91. The number of anilines is 1. The lowest BCUT2D eigenvalue weighted by molar-refractivity contribution is -0.132. The lowest BCUT2D eigenvalue weighted by Gasteiger charge is -2.27. The number of nitrogens with one attached hydrogen (secondary N) is 1. The molecule has 0 spiro atoms. The van der Waals surface area contributed by atoms with Crippen molar-refractivity contribution in [2.24, 2.45) is 0 Å². The molecular weight excluding hydrogens is 330 g/mol. The molecule has 1 aliphatic rings. The molecule has 2 heterocycles. The molecule has 0 aliphatic carbocycles. The van der Waals surface area contributed by atoms with Gasteiger partial charge in [0.05, 0.1) is 11.5 Å². The van der Waals surface area contributed by atoms with E-state index in [1.54, 1.807) is 25.8 Å². The zero-order valence-corrected chi connectivity index (χ0v) is 14.8. The van der Waals surface area contributed by atoms with Gasteiger partial charge in [0.15, 0.2) is 21.3 Å². The monoisotopic (exact) mass is 351 g/mol. The van der Waals surface area contributed by atoms with E-state index in [1.807, 2.05) is 18.2 Å². The summed E-state index contributed by atoms with van der Waals surface area (Å²) in [5.41, 5.74) is 2.20. The number of sulfone groups is 1. The Labute approximate surface area is 141 Å². The number of fused-ring (bicyclic) bond motifs is 1. The van der Waals surface area contributed by atoms with E-state index in [1.165, 1.54) is 0 Å². The van der Waals surface area contributed by atoms with Crippen LogP contribution in [0, 0.1) is 6.92 Å². The fourth-order valence-electron chi connectivity index (χ4n) is 3.01. The van der Waals surface area contributed by atoms with Crippen molar-refractivity contribution in [1.82, 2.24) is 9.88 Å². The fraction of sp³-hybridized carbons (Fsp3) is 0.500. The lowest BCUT2D eigenvalue weighted by Crippen LogP contribution is -2.45. The molecule has 0 saturated carbocycles. The van der Waals surface area contributed by atoms with Crippen LogP contribution in [0.25, 0.3) is 11.1 Å². The van der Waals surface area contributed by atoms with Gasteiger partial charge in [0.25, 0.3) is 0 Å². The second-order valence-corrected chi connectivity index (χ2v) is 8.52. The van der Waals surface area contributed by atoms with Gasteiger partial charge >= 0.3 is 0 Å². The van der Waals surface area contributed by atoms with Gasteiger partial charge < -0.3 is 14.6 Å². The second-order valence-electron chi connectivity index (χ2n) is 6.29. The van der Waals surface area contributed by atoms with E-state index in [-0.39, 0.29) is 23.5 Å². The first kappa shape index (κ1) is 16.8. The van der Waals surface area contributed by atoms with E-state index in [0.29, 0.717) is 17.9 Å². The number of aryl methyl sites for hydroxylation is 1. The fourth-order valence-corrected chi connectivity index (χ4v) is 4.78. The van der Waals surface area contributed by atoms with Crippen molar-refractivity contribution in [3.8, 4) is 0 Å². The minimum absolute atomic E-state index is 0.0478. The molecule has 2 atom stereocenters. The number of carbonyl (C=O) groups is 1. The number of rotatable bonds is 4. The maximum Gasteiger partial charge on any atom is 0.244 e. The van der Waals surface area contributed by atoms with E-state index >= 15 is 0 Å². The highest BCUT2D eigenvalue weighted by atomic mass is 32.2. The smallest absolute Gasteiger partial charge is 0.244 e. The third-order valence-electron chi connectivity index (χ3n) is 4.35. The predicted molar refractivity (Wildman–Crippen MR) is 91.7 cm³/mol. The molecule has 8 heteroatoms. The largest absolute Gasteiger partial charge is 0.441 e. The summed E-state index contributed by atoms with van der Waals surface area (Å²) in [5, 5.41) is 3.15. The normalized spacial score (nSPS) is 20.9. The molecule has 1 aliphatic heterocycles. The molecule has 130 valence electrons. The van der Waals surface area contributed by atoms with Crippen molar-refractivity contribution in [3.63, 3.8) is 0 Å². The number of benzene rings is 1. The first-order valence-electron chi connectivity index (χ1n) is 7.86. The molecule has 1 aromatic carbocycles. The van der Waals surface area contributed by atoms with Gasteiger partial charge in [-0.25, -0.2) is 13.4 Å². The Kier molecular flexibility index (Phi) is 4.25. The molecule has 2 aromatic rings. The van der Waals surface area contributed by atoms with Crippen molar-refractivity contribution >= 4 is 32.5 Å². The molecule has 0 unspecified atom stereocenters. The number of amides is 1. The number of hydrogen-bond acceptors (Lipinski definition) is 6. The van der Waals surface area contributed by atoms with Gasteiger partial charge in [0.1, 0.15) is 11.6 Å². The average molecular weight is 351 g/mol. The van der Waals surface area contributed by atoms with Crippen molar-refractivity contribution < 1.29 is 17.6 Å². The first-order chi connectivity index (χ1) is 11.2. The molecule has 24 heavy (non-hydrogen) atoms. The number of likely N-dealkylation sites (N-methyl/N-ethyl adjacent to an activating group) is 1. The molecule has 1 N–H and O–H groups in total. The topological polar surface area (TPSA) is 92.5 Å². The zero-order valence-electron chi connectivity index (χ0n) is 13.9. The molecule has 0 bridgehead atoms. The van der Waals surface area contributed by atoms with Gasteiger partial charge in [-0.2, -0.15) is 0 Å². The lowest BCUT2D eigenvalue weighted by atomic mass is 10.2. The molecule has 1 saturated heterocycles. The Hall–Kier alpha value is -2.09. The Morgan fingerprint density at radius 2 is 2.21 bits per heavy atom. The highest BCUT2D eigenvalue weighted by Crippen LogP contribution is 2.21. The molecule has 0 radical (unpaired) electrons. The average Bonchev–Trinajstić information content (AvgIpc) is 3.06. The second kappa shape index (κ2) is 6.08. The minimum atomic E-state index is -3.01. The van der Waals surface area contributed by atoms with Crippen molar-refractivity contribution in [2.75, 3.05) is 23.9 Å². The Bertz CT molecular complexity index is 875. The first-order valence-corrected chi connectivity index (χ1v) is 9.68. The highest BCUT2D eigenvalue weighted by Gasteiger charge is 2.34. The Morgan fingerprint density at radius 1 is 1.46 bits per heavy atom. The summed E-state index contributed by atoms with van der Waals surface area (Å²) in [5.74, 6) is 0.660. The third kappa shape index (κ3) is 3.38. The van der Waals surface area contributed by atoms with Gasteiger partial charge in [-0.05, 0) is 31.5 Å². The van der Waals surface area contributed by atoms with Crippen LogP contribution in [0.1, 0.15) is 19.2 Å². The van der Waals surface area contributed by atoms with Gasteiger partial charge in [-0.1, -0.05) is 0 Å². The molecule has 1 aromatic heterocycles. The van der Waals surface area contributed by atoms with Crippen LogP contribution in [-0.2, 0) is 14.6 Å². The van der Waals surface area contributed by atoms with Crippen LogP contribution in [0.5, 0.6) is 0 Å². The van der Waals surface area contributed by atoms with Crippen LogP contribution in [0.15, 0.2) is 22.6 Å². The summed E-state index contributed by atoms with van der Waals surface area (Å²) in [6.45, 7) is 3.55. The SMILES string of the molecule is Cc1nc2cc(N[C@@H](C)C(=O)N(C)[C@H]3CCS(=O)(=O)C3)ccc2o1. The maximum atomic E-state index is 12.5. The molecule has 7 nitrogen and oxygen atoms in total. The summed E-state index contributed by atoms with van der Waals surface area (Å²) in [7, 11) is -1.35. The molecule has 3 rings (SSSR count). The van der Waals surface area contributed by atoms with Crippen molar-refractivity contribution in [2.45, 2.75) is 32.4 Å². The zero-order chi connectivity index (χ0) is 17.5. The summed E-state index contributed by atoms with van der Waals surface area (Å²) in [4.78, 5) is 18.4. The van der Waals surface area contributed by atoms with Gasteiger partial charge in [0.2, 0.25) is 5.91 Å². The van der Waals surface area contributed by atoms with E-state index in [9.17, 15) is 13.2 Å². The van der Waals surface area contributed by atoms with E-state index in [2.05, 4.69) is 10.3 Å². The number of hydrogen-bond donors (Lipinski definition) is 1. The number of aromatic nitrogens is 1. The summed E-state index contributed by atoms with van der Waals surface area (Å²) in [6, 6.07) is 4.75. The number of oxazole rings is 1. The third-order valence-corrected chi connectivity index (χ3v) is 6.10. The summed E-state index contributed by atoms with van der Waals surface area (Å²) < 4.78 is 28.6. The van der Waals surface area contributed by atoms with Crippen LogP contribution in [0.4, 0.5) is 5.69 Å². The van der Waals surface area contributed by atoms with Crippen molar-refractivity contribution in [3.05, 3.63) is 24.1 Å². The maximum absolute atomic E-state index is 12.5. The van der Waals surface area contributed by atoms with Gasteiger partial charge in [0, 0.05) is 25.7 Å². The quantitative estimate of drug-likeness (QED) is 0.899. The Morgan fingerprint density at radius 3 is 2.88 bits per heavy atom. The molecule has 1 fully saturated rings. The van der Waals surface area contributed by atoms with Crippen LogP contribution in [0.2, 0.25) is 0 Å². The van der Waals surface area contributed by atoms with E-state index in [4.69, 9.17) is 4.42 Å². The molecular formula is C16H21N3O4S. The predicted octanol–water partition coefficient (Wildman–Crippen LogP) is 1.58. The van der Waals surface area contributed by atoms with Gasteiger partial charge in [-0.15, -0.1) is 0 Å². The van der Waals surface area contributed by atoms with Crippen LogP contribution >= 0.6 is 0 Å². The molecule has 1 amide bonds. The minimum Gasteiger partial charge on any atom is -0.441 e. The van der Waals surface area contributed by atoms with Crippen LogP contribution in [-0.4, -0.2) is 54.8 Å². The van der Waals surface area contributed by atoms with Crippen LogP contribution < -0.4 is 5.32 Å². The Balaban J connectivity index is 1.68. The number of nitrogens with zero attached hydrogens (tertiary/aromatic N) is 2. The summed E-state index contributed by atoms with van der Waals surface area (Å²) in [6.07, 6.45) is 0.501. The van der Waals surface area contributed by atoms with E-state index in [0.717, 1.165) is 11.2 Å². The van der Waals surface area contributed by atoms with Crippen molar-refractivity contribution in [1.29, 1.82) is 0 Å².